The van der Waals surface area contributed by atoms with Gasteiger partial charge in [-0.2, -0.15) is 0 Å². The van der Waals surface area contributed by atoms with Crippen LogP contribution in [-0.2, 0) is 4.74 Å². The number of hydrogen-bond acceptors (Lipinski definition) is 5. The Kier molecular flexibility index (Phi) is 4.30. The Labute approximate surface area is 142 Å². The van der Waals surface area contributed by atoms with Gasteiger partial charge in [0.2, 0.25) is 5.91 Å². The first-order valence-electron chi connectivity index (χ1n) is 7.55. The predicted octanol–water partition coefficient (Wildman–Crippen LogP) is 1.94. The van der Waals surface area contributed by atoms with Gasteiger partial charge in [0.15, 0.2) is 11.9 Å². The number of ether oxygens (including phenoxy) is 1. The molecule has 0 bridgehead atoms. The number of hydrogen-bond donors (Lipinski definition) is 2. The molecular formula is C18H15N3O4. The molecule has 1 unspecified atom stereocenters. The van der Waals surface area contributed by atoms with E-state index in [1.54, 1.807) is 31.2 Å². The number of nitrogens with one attached hydrogen (secondary N) is 1. The Morgan fingerprint density at radius 1 is 1.08 bits per heavy atom. The zero-order valence-corrected chi connectivity index (χ0v) is 13.4. The Morgan fingerprint density at radius 2 is 1.72 bits per heavy atom. The van der Waals surface area contributed by atoms with Gasteiger partial charge in [-0.3, -0.25) is 9.59 Å². The summed E-state index contributed by atoms with van der Waals surface area (Å²) in [6.45, 7) is 1.61. The Bertz CT molecular complexity index is 1010. The van der Waals surface area contributed by atoms with Crippen LogP contribution in [0.25, 0.3) is 10.9 Å². The zero-order chi connectivity index (χ0) is 18.0. The summed E-state index contributed by atoms with van der Waals surface area (Å²) in [4.78, 5) is 42.3. The van der Waals surface area contributed by atoms with E-state index < -0.39 is 18.0 Å². The first kappa shape index (κ1) is 16.4. The molecule has 2 aromatic carbocycles. The minimum Gasteiger partial charge on any atom is -0.451 e. The average Bonchev–Trinajstić information content (AvgIpc) is 2.61. The van der Waals surface area contributed by atoms with Crippen molar-refractivity contribution >= 4 is 22.8 Å². The van der Waals surface area contributed by atoms with Gasteiger partial charge < -0.3 is 15.5 Å². The third kappa shape index (κ3) is 3.40. The van der Waals surface area contributed by atoms with Crippen LogP contribution < -0.4 is 11.3 Å². The molecular weight excluding hydrogens is 322 g/mol. The highest BCUT2D eigenvalue weighted by molar-refractivity contribution is 5.95. The Morgan fingerprint density at radius 3 is 2.40 bits per heavy atom. The number of carbonyl (C=O) groups is 2. The van der Waals surface area contributed by atoms with Crippen LogP contribution in [0.5, 0.6) is 0 Å². The van der Waals surface area contributed by atoms with E-state index in [0.717, 1.165) is 0 Å². The number of aromatic amines is 1. The van der Waals surface area contributed by atoms with Crippen molar-refractivity contribution in [2.45, 2.75) is 13.0 Å². The van der Waals surface area contributed by atoms with E-state index in [-0.39, 0.29) is 16.9 Å². The monoisotopic (exact) mass is 337 g/mol. The first-order chi connectivity index (χ1) is 12.0. The fourth-order valence-electron chi connectivity index (χ4n) is 2.35. The zero-order valence-electron chi connectivity index (χ0n) is 13.4. The van der Waals surface area contributed by atoms with E-state index in [1.165, 1.54) is 24.3 Å². The number of nitrogens with two attached hydrogens (primary N) is 1. The lowest BCUT2D eigenvalue weighted by Crippen LogP contribution is -2.17. The second kappa shape index (κ2) is 6.56. The van der Waals surface area contributed by atoms with Crippen LogP contribution in [0.4, 0.5) is 0 Å². The second-order valence-corrected chi connectivity index (χ2v) is 5.46. The summed E-state index contributed by atoms with van der Waals surface area (Å²) in [6, 6.07) is 12.7. The van der Waals surface area contributed by atoms with Gasteiger partial charge in [-0.15, -0.1) is 0 Å². The summed E-state index contributed by atoms with van der Waals surface area (Å²) in [5.74, 6) is -0.920. The first-order valence-corrected chi connectivity index (χ1v) is 7.55. The van der Waals surface area contributed by atoms with Crippen molar-refractivity contribution in [2.24, 2.45) is 5.73 Å². The van der Waals surface area contributed by atoms with Crippen LogP contribution >= 0.6 is 0 Å². The standard InChI is InChI=1S/C18H15N3O4/c1-10(16-20-14-5-3-2-4-13(14)17(23)21-16)25-18(24)12-8-6-11(7-9-12)15(19)22/h2-10H,1H3,(H2,19,22)(H,20,21,23). The normalized spacial score (nSPS) is 11.9. The SMILES string of the molecule is CC(OC(=O)c1ccc(C(N)=O)cc1)c1nc2ccccc2c(=O)[nH]1. The molecule has 7 heteroatoms. The summed E-state index contributed by atoms with van der Waals surface area (Å²) in [6.07, 6.45) is -0.749. The molecule has 0 spiro atoms. The molecule has 3 rings (SSSR count). The average molecular weight is 337 g/mol. The molecule has 0 aliphatic heterocycles. The number of aromatic nitrogens is 2. The smallest absolute Gasteiger partial charge is 0.338 e. The number of esters is 1. The van der Waals surface area contributed by atoms with Gasteiger partial charge in [0.25, 0.3) is 5.56 Å². The van der Waals surface area contributed by atoms with Crippen molar-refractivity contribution in [2.75, 3.05) is 0 Å². The number of primary amides is 1. The lowest BCUT2D eigenvalue weighted by atomic mass is 10.1. The summed E-state index contributed by atoms with van der Waals surface area (Å²) in [5, 5.41) is 0.465. The molecule has 3 aromatic rings. The van der Waals surface area contributed by atoms with Crippen LogP contribution in [0, 0.1) is 0 Å². The van der Waals surface area contributed by atoms with Crippen LogP contribution in [0.2, 0.25) is 0 Å². The molecule has 0 saturated carbocycles. The van der Waals surface area contributed by atoms with E-state index in [4.69, 9.17) is 10.5 Å². The molecule has 0 fully saturated rings. The molecule has 0 radical (unpaired) electrons. The number of rotatable bonds is 4. The van der Waals surface area contributed by atoms with Gasteiger partial charge >= 0.3 is 5.97 Å². The van der Waals surface area contributed by atoms with E-state index >= 15 is 0 Å². The Hall–Kier alpha value is -3.48. The maximum absolute atomic E-state index is 12.2. The van der Waals surface area contributed by atoms with E-state index in [9.17, 15) is 14.4 Å². The maximum atomic E-state index is 12.2. The van der Waals surface area contributed by atoms with Gasteiger partial charge in [-0.1, -0.05) is 12.1 Å². The highest BCUT2D eigenvalue weighted by atomic mass is 16.5. The molecule has 1 aromatic heterocycles. The minimum atomic E-state index is -0.749. The third-order valence-corrected chi connectivity index (χ3v) is 3.71. The van der Waals surface area contributed by atoms with Crippen molar-refractivity contribution < 1.29 is 14.3 Å². The molecule has 0 aliphatic carbocycles. The van der Waals surface area contributed by atoms with Crippen LogP contribution in [0.1, 0.15) is 39.6 Å². The van der Waals surface area contributed by atoms with Crippen LogP contribution in [0.15, 0.2) is 53.3 Å². The number of nitrogens with zero attached hydrogens (tertiary/aromatic N) is 1. The molecule has 1 amide bonds. The number of fused-ring (bicyclic) bond motifs is 1. The number of carbonyl (C=O) groups excluding carboxylic acids is 2. The second-order valence-electron chi connectivity index (χ2n) is 5.46. The fourth-order valence-corrected chi connectivity index (χ4v) is 2.35. The Balaban J connectivity index is 1.81. The van der Waals surface area contributed by atoms with Gasteiger partial charge in [0.05, 0.1) is 16.5 Å². The molecule has 1 heterocycles. The fraction of sp³-hybridized carbons (Fsp3) is 0.111. The highest BCUT2D eigenvalue weighted by Crippen LogP contribution is 2.16. The number of para-hydroxylation sites is 1. The quantitative estimate of drug-likeness (QED) is 0.706. The van der Waals surface area contributed by atoms with E-state index in [2.05, 4.69) is 9.97 Å². The van der Waals surface area contributed by atoms with Crippen LogP contribution in [-0.4, -0.2) is 21.8 Å². The van der Waals surface area contributed by atoms with Gasteiger partial charge in [-0.05, 0) is 43.3 Å². The number of H-pyrrole nitrogens is 1. The van der Waals surface area contributed by atoms with Crippen molar-refractivity contribution in [3.63, 3.8) is 0 Å². The predicted molar refractivity (Wildman–Crippen MR) is 91.2 cm³/mol. The minimum absolute atomic E-state index is 0.255. The number of benzene rings is 2. The van der Waals surface area contributed by atoms with E-state index in [0.29, 0.717) is 16.5 Å². The molecule has 0 aliphatic rings. The maximum Gasteiger partial charge on any atom is 0.338 e. The lowest BCUT2D eigenvalue weighted by molar-refractivity contribution is 0.0319. The summed E-state index contributed by atoms with van der Waals surface area (Å²) in [7, 11) is 0. The largest absolute Gasteiger partial charge is 0.451 e. The van der Waals surface area contributed by atoms with Crippen LogP contribution in [0.3, 0.4) is 0 Å². The van der Waals surface area contributed by atoms with Crippen molar-refractivity contribution in [3.8, 4) is 0 Å². The van der Waals surface area contributed by atoms with Crippen molar-refractivity contribution in [3.05, 3.63) is 75.8 Å². The topological polar surface area (TPSA) is 115 Å². The molecule has 1 atom stereocenters. The lowest BCUT2D eigenvalue weighted by Gasteiger charge is -2.13. The van der Waals surface area contributed by atoms with Gasteiger partial charge in [0.1, 0.15) is 0 Å². The third-order valence-electron chi connectivity index (χ3n) is 3.71. The molecule has 7 nitrogen and oxygen atoms in total. The summed E-state index contributed by atoms with van der Waals surface area (Å²) >= 11 is 0. The van der Waals surface area contributed by atoms with Gasteiger partial charge in [0, 0.05) is 5.56 Å². The van der Waals surface area contributed by atoms with E-state index in [1.807, 2.05) is 0 Å². The molecule has 126 valence electrons. The van der Waals surface area contributed by atoms with Crippen molar-refractivity contribution in [1.82, 2.24) is 9.97 Å². The summed E-state index contributed by atoms with van der Waals surface area (Å²) < 4.78 is 5.34. The van der Waals surface area contributed by atoms with Gasteiger partial charge in [-0.25, -0.2) is 9.78 Å². The molecule has 0 saturated heterocycles. The molecule has 25 heavy (non-hydrogen) atoms. The number of amides is 1. The van der Waals surface area contributed by atoms with Crippen molar-refractivity contribution in [1.29, 1.82) is 0 Å². The molecule has 3 N–H and O–H groups in total. The summed E-state index contributed by atoms with van der Waals surface area (Å²) in [5.41, 5.74) is 5.95. The highest BCUT2D eigenvalue weighted by Gasteiger charge is 2.17.